The molecule has 0 spiro atoms. The summed E-state index contributed by atoms with van der Waals surface area (Å²) in [6.45, 7) is 4.17. The Morgan fingerprint density at radius 2 is 1.56 bits per heavy atom. The van der Waals surface area contributed by atoms with Crippen LogP contribution in [0.1, 0.15) is 31.0 Å². The fraction of sp³-hybridized carbons (Fsp3) is 0.318. The predicted octanol–water partition coefficient (Wildman–Crippen LogP) is 4.24. The molecule has 144 valence electrons. The Labute approximate surface area is 161 Å². The largest absolute Gasteiger partial charge is 0.493 e. The summed E-state index contributed by atoms with van der Waals surface area (Å²) in [5.41, 5.74) is 1.86. The van der Waals surface area contributed by atoms with Crippen LogP contribution in [-0.4, -0.2) is 27.2 Å². The van der Waals surface area contributed by atoms with Gasteiger partial charge in [-0.15, -0.1) is 0 Å². The van der Waals surface area contributed by atoms with Crippen molar-refractivity contribution in [2.24, 2.45) is 5.92 Å². The van der Waals surface area contributed by atoms with Crippen molar-refractivity contribution in [3.8, 4) is 17.2 Å². The highest BCUT2D eigenvalue weighted by atomic mass is 16.5. The van der Waals surface area contributed by atoms with Gasteiger partial charge in [0.1, 0.15) is 0 Å². The lowest BCUT2D eigenvalue weighted by molar-refractivity contribution is -0.117. The summed E-state index contributed by atoms with van der Waals surface area (Å²) in [6, 6.07) is 13.5. The van der Waals surface area contributed by atoms with E-state index in [0.29, 0.717) is 17.2 Å². The van der Waals surface area contributed by atoms with Crippen molar-refractivity contribution in [1.29, 1.82) is 0 Å². The molecule has 0 bridgehead atoms. The van der Waals surface area contributed by atoms with E-state index >= 15 is 0 Å². The van der Waals surface area contributed by atoms with Gasteiger partial charge in [-0.1, -0.05) is 44.2 Å². The first kappa shape index (κ1) is 20.4. The maximum absolute atomic E-state index is 12.5. The third-order valence-electron chi connectivity index (χ3n) is 4.24. The molecule has 1 atom stereocenters. The number of hydrogen-bond acceptors (Lipinski definition) is 4. The van der Waals surface area contributed by atoms with Crippen LogP contribution in [0.2, 0.25) is 0 Å². The molecular formula is C22H27NO4. The van der Waals surface area contributed by atoms with E-state index in [4.69, 9.17) is 14.2 Å². The molecular weight excluding hydrogens is 342 g/mol. The summed E-state index contributed by atoms with van der Waals surface area (Å²) >= 11 is 0. The van der Waals surface area contributed by atoms with Crippen molar-refractivity contribution in [3.05, 3.63) is 59.7 Å². The van der Waals surface area contributed by atoms with Gasteiger partial charge in [0, 0.05) is 6.08 Å². The summed E-state index contributed by atoms with van der Waals surface area (Å²) in [4.78, 5) is 12.5. The molecule has 0 aliphatic carbocycles. The Hall–Kier alpha value is -2.95. The topological polar surface area (TPSA) is 56.8 Å². The zero-order chi connectivity index (χ0) is 19.8. The predicted molar refractivity (Wildman–Crippen MR) is 107 cm³/mol. The van der Waals surface area contributed by atoms with Gasteiger partial charge < -0.3 is 19.5 Å². The zero-order valence-electron chi connectivity index (χ0n) is 16.5. The van der Waals surface area contributed by atoms with Crippen LogP contribution >= 0.6 is 0 Å². The molecule has 27 heavy (non-hydrogen) atoms. The number of carbonyl (C=O) groups excluding carboxylic acids is 1. The number of nitrogens with one attached hydrogen (secondary N) is 1. The molecule has 1 N–H and O–H groups in total. The maximum atomic E-state index is 12.5. The van der Waals surface area contributed by atoms with Crippen molar-refractivity contribution in [3.63, 3.8) is 0 Å². The van der Waals surface area contributed by atoms with E-state index in [9.17, 15) is 4.79 Å². The van der Waals surface area contributed by atoms with Crippen LogP contribution in [-0.2, 0) is 4.79 Å². The van der Waals surface area contributed by atoms with Crippen molar-refractivity contribution in [2.45, 2.75) is 19.9 Å². The first-order valence-electron chi connectivity index (χ1n) is 8.83. The molecule has 2 aromatic rings. The second-order valence-electron chi connectivity index (χ2n) is 6.43. The van der Waals surface area contributed by atoms with E-state index in [1.54, 1.807) is 39.5 Å². The van der Waals surface area contributed by atoms with Crippen molar-refractivity contribution in [2.75, 3.05) is 21.3 Å². The fourth-order valence-corrected chi connectivity index (χ4v) is 2.87. The second-order valence-corrected chi connectivity index (χ2v) is 6.43. The van der Waals surface area contributed by atoms with Crippen LogP contribution in [0.5, 0.6) is 17.2 Å². The molecule has 0 heterocycles. The SMILES string of the molecule is COc1cc(/C=C/C(=O)N[C@H](c2ccccc2)C(C)C)cc(OC)c1OC. The van der Waals surface area contributed by atoms with Gasteiger partial charge in [0.25, 0.3) is 0 Å². The molecule has 0 aliphatic rings. The third-order valence-corrected chi connectivity index (χ3v) is 4.24. The highest BCUT2D eigenvalue weighted by molar-refractivity contribution is 5.92. The van der Waals surface area contributed by atoms with Crippen LogP contribution < -0.4 is 19.5 Å². The van der Waals surface area contributed by atoms with Crippen LogP contribution in [0.15, 0.2) is 48.5 Å². The molecule has 0 unspecified atom stereocenters. The highest BCUT2D eigenvalue weighted by Gasteiger charge is 2.17. The number of ether oxygens (including phenoxy) is 3. The minimum Gasteiger partial charge on any atom is -0.493 e. The molecule has 0 fully saturated rings. The van der Waals surface area contributed by atoms with Gasteiger partial charge in [-0.2, -0.15) is 0 Å². The van der Waals surface area contributed by atoms with Gasteiger partial charge >= 0.3 is 0 Å². The third kappa shape index (κ3) is 5.26. The molecule has 1 amide bonds. The van der Waals surface area contributed by atoms with Crippen molar-refractivity contribution < 1.29 is 19.0 Å². The lowest BCUT2D eigenvalue weighted by atomic mass is 9.96. The number of carbonyl (C=O) groups is 1. The summed E-state index contributed by atoms with van der Waals surface area (Å²) in [5.74, 6) is 1.71. The van der Waals surface area contributed by atoms with E-state index in [1.807, 2.05) is 30.3 Å². The molecule has 0 saturated carbocycles. The minimum atomic E-state index is -0.161. The second kappa shape index (κ2) is 9.67. The van der Waals surface area contributed by atoms with E-state index in [-0.39, 0.29) is 17.9 Å². The van der Waals surface area contributed by atoms with Gasteiger partial charge in [-0.3, -0.25) is 4.79 Å². The lowest BCUT2D eigenvalue weighted by Crippen LogP contribution is -2.30. The molecule has 5 heteroatoms. The summed E-state index contributed by atoms with van der Waals surface area (Å²) in [5, 5.41) is 3.07. The quantitative estimate of drug-likeness (QED) is 0.707. The number of benzene rings is 2. The van der Waals surface area contributed by atoms with Crippen molar-refractivity contribution in [1.82, 2.24) is 5.32 Å². The van der Waals surface area contributed by atoms with Gasteiger partial charge in [-0.25, -0.2) is 0 Å². The van der Waals surface area contributed by atoms with E-state index in [0.717, 1.165) is 11.1 Å². The molecule has 0 aliphatic heterocycles. The van der Waals surface area contributed by atoms with Gasteiger partial charge in [0.05, 0.1) is 27.4 Å². The Balaban J connectivity index is 2.18. The molecule has 2 rings (SSSR count). The van der Waals surface area contributed by atoms with Crippen LogP contribution in [0.4, 0.5) is 0 Å². The van der Waals surface area contributed by atoms with Crippen LogP contribution in [0, 0.1) is 5.92 Å². The standard InChI is InChI=1S/C22H27NO4/c1-15(2)21(17-9-7-6-8-10-17)23-20(24)12-11-16-13-18(25-3)22(27-5)19(14-16)26-4/h6-15,21H,1-5H3,(H,23,24)/b12-11+/t21-/m0/s1. The molecule has 0 aromatic heterocycles. The lowest BCUT2D eigenvalue weighted by Gasteiger charge is -2.22. The van der Waals surface area contributed by atoms with E-state index < -0.39 is 0 Å². The average molecular weight is 369 g/mol. The van der Waals surface area contributed by atoms with Crippen LogP contribution in [0.25, 0.3) is 6.08 Å². The number of methoxy groups -OCH3 is 3. The zero-order valence-corrected chi connectivity index (χ0v) is 16.5. The van der Waals surface area contributed by atoms with Crippen LogP contribution in [0.3, 0.4) is 0 Å². The van der Waals surface area contributed by atoms with E-state index in [2.05, 4.69) is 19.2 Å². The van der Waals surface area contributed by atoms with Crippen molar-refractivity contribution >= 4 is 12.0 Å². The Morgan fingerprint density at radius 1 is 0.963 bits per heavy atom. The van der Waals surface area contributed by atoms with Gasteiger partial charge in [0.2, 0.25) is 11.7 Å². The summed E-state index contributed by atoms with van der Waals surface area (Å²) < 4.78 is 16.0. The number of rotatable bonds is 8. The molecule has 0 radical (unpaired) electrons. The minimum absolute atomic E-state index is 0.0525. The monoisotopic (exact) mass is 369 g/mol. The maximum Gasteiger partial charge on any atom is 0.244 e. The Bertz CT molecular complexity index is 759. The Kier molecular flexibility index (Phi) is 7.29. The number of hydrogen-bond donors (Lipinski definition) is 1. The average Bonchev–Trinajstić information content (AvgIpc) is 2.69. The van der Waals surface area contributed by atoms with Gasteiger partial charge in [0.15, 0.2) is 11.5 Å². The Morgan fingerprint density at radius 3 is 2.04 bits per heavy atom. The first-order chi connectivity index (χ1) is 13.0. The molecule has 5 nitrogen and oxygen atoms in total. The molecule has 2 aromatic carbocycles. The molecule has 0 saturated heterocycles. The number of amides is 1. The fourth-order valence-electron chi connectivity index (χ4n) is 2.87. The summed E-state index contributed by atoms with van der Waals surface area (Å²) in [6.07, 6.45) is 3.24. The van der Waals surface area contributed by atoms with E-state index in [1.165, 1.54) is 6.08 Å². The summed E-state index contributed by atoms with van der Waals surface area (Å²) in [7, 11) is 4.67. The first-order valence-corrected chi connectivity index (χ1v) is 8.83. The normalized spacial score (nSPS) is 12.1. The highest BCUT2D eigenvalue weighted by Crippen LogP contribution is 2.38. The smallest absolute Gasteiger partial charge is 0.244 e. The van der Waals surface area contributed by atoms with Gasteiger partial charge in [-0.05, 0) is 35.3 Å².